The van der Waals surface area contributed by atoms with Crippen LogP contribution < -0.4 is 15.4 Å². The Balaban J connectivity index is 1.26. The summed E-state index contributed by atoms with van der Waals surface area (Å²) >= 11 is 6.41. The molecule has 3 aromatic rings. The predicted molar refractivity (Wildman–Crippen MR) is 140 cm³/mol. The van der Waals surface area contributed by atoms with Crippen molar-refractivity contribution in [3.05, 3.63) is 58.6 Å². The van der Waals surface area contributed by atoms with Crippen LogP contribution in [0.2, 0.25) is 5.02 Å². The molecule has 1 atom stereocenters. The Morgan fingerprint density at radius 2 is 2.05 bits per heavy atom. The number of ether oxygens (including phenoxy) is 2. The van der Waals surface area contributed by atoms with Gasteiger partial charge in [-0.1, -0.05) is 17.7 Å². The molecule has 0 radical (unpaired) electrons. The molecule has 0 aromatic carbocycles. The number of anilines is 1. The highest BCUT2D eigenvalue weighted by molar-refractivity contribution is 6.32. The molecule has 1 fully saturated rings. The summed E-state index contributed by atoms with van der Waals surface area (Å²) in [6.07, 6.45) is 4.91. The fourth-order valence-electron chi connectivity index (χ4n) is 4.47. The Hall–Kier alpha value is -3.83. The second-order valence-electron chi connectivity index (χ2n) is 9.19. The highest BCUT2D eigenvalue weighted by Gasteiger charge is 2.31. The molecule has 2 N–H and O–H groups in total. The molecule has 5 heterocycles. The van der Waals surface area contributed by atoms with Crippen LogP contribution in [0.5, 0.6) is 5.88 Å². The highest BCUT2D eigenvalue weighted by atomic mass is 35.5. The number of carbonyl (C=O) groups excluding carboxylic acids is 2. The maximum atomic E-state index is 13.2. The minimum Gasteiger partial charge on any atom is -0.481 e. The Bertz CT molecular complexity index is 1350. The van der Waals surface area contributed by atoms with Crippen LogP contribution in [-0.4, -0.2) is 69.6 Å². The summed E-state index contributed by atoms with van der Waals surface area (Å²) in [7, 11) is 1.54. The second kappa shape index (κ2) is 11.3. The summed E-state index contributed by atoms with van der Waals surface area (Å²) in [4.78, 5) is 45.1. The van der Waals surface area contributed by atoms with Crippen molar-refractivity contribution in [1.82, 2.24) is 30.2 Å². The first-order chi connectivity index (χ1) is 18.4. The molecule has 0 saturated carbocycles. The molecular formula is C26H28ClN7O4. The standard InChI is InChI=1S/C26H28ClN7O4/c1-15(20-4-3-5-23(32-20)37-2)30-22(35)14-34-13-21-18(25(34)36)10-16(11-28-21)24-19(27)12-29-26(33-24)31-17-6-8-38-9-7-17/h3-5,10-12,15,17H,6-9,13-14H2,1-2H3,(H,30,35)(H,29,31,33). The van der Waals surface area contributed by atoms with Crippen molar-refractivity contribution in [1.29, 1.82) is 0 Å². The van der Waals surface area contributed by atoms with Gasteiger partial charge in [-0.05, 0) is 31.9 Å². The molecule has 0 spiro atoms. The van der Waals surface area contributed by atoms with Crippen molar-refractivity contribution >= 4 is 29.4 Å². The molecule has 5 rings (SSSR count). The number of methoxy groups -OCH3 is 1. The van der Waals surface area contributed by atoms with E-state index < -0.39 is 0 Å². The number of hydrogen-bond acceptors (Lipinski definition) is 9. The number of rotatable bonds is 8. The van der Waals surface area contributed by atoms with Gasteiger partial charge in [0.2, 0.25) is 17.7 Å². The lowest BCUT2D eigenvalue weighted by Crippen LogP contribution is -2.38. The van der Waals surface area contributed by atoms with Crippen LogP contribution in [0.1, 0.15) is 47.6 Å². The quantitative estimate of drug-likeness (QED) is 0.445. The van der Waals surface area contributed by atoms with Crippen LogP contribution in [0.15, 0.2) is 36.7 Å². The summed E-state index contributed by atoms with van der Waals surface area (Å²) in [5.74, 6) is 0.348. The van der Waals surface area contributed by atoms with Crippen LogP contribution in [0.4, 0.5) is 5.95 Å². The third-order valence-electron chi connectivity index (χ3n) is 6.51. The lowest BCUT2D eigenvalue weighted by Gasteiger charge is -2.23. The number of fused-ring (bicyclic) bond motifs is 1. The van der Waals surface area contributed by atoms with Gasteiger partial charge in [0.1, 0.15) is 6.54 Å². The largest absolute Gasteiger partial charge is 0.481 e. The number of nitrogens with one attached hydrogen (secondary N) is 2. The molecule has 198 valence electrons. The maximum absolute atomic E-state index is 13.2. The zero-order valence-corrected chi connectivity index (χ0v) is 21.9. The van der Waals surface area contributed by atoms with Gasteiger partial charge in [0.25, 0.3) is 5.91 Å². The summed E-state index contributed by atoms with van der Waals surface area (Å²) in [5.41, 5.74) is 2.76. The first-order valence-electron chi connectivity index (χ1n) is 12.4. The van der Waals surface area contributed by atoms with Gasteiger partial charge < -0.3 is 25.0 Å². The van der Waals surface area contributed by atoms with Gasteiger partial charge in [-0.2, -0.15) is 0 Å². The average molecular weight is 538 g/mol. The van der Waals surface area contributed by atoms with E-state index in [2.05, 4.69) is 30.6 Å². The van der Waals surface area contributed by atoms with Crippen LogP contribution >= 0.6 is 11.6 Å². The minimum atomic E-state index is -0.355. The van der Waals surface area contributed by atoms with Gasteiger partial charge in [-0.3, -0.25) is 14.6 Å². The lowest BCUT2D eigenvalue weighted by molar-refractivity contribution is -0.122. The number of halogens is 1. The number of pyridine rings is 2. The zero-order chi connectivity index (χ0) is 26.6. The van der Waals surface area contributed by atoms with Crippen LogP contribution in [0, 0.1) is 0 Å². The normalized spacial score (nSPS) is 16.2. The highest BCUT2D eigenvalue weighted by Crippen LogP contribution is 2.30. The molecule has 2 aliphatic heterocycles. The molecule has 2 amide bonds. The summed E-state index contributed by atoms with van der Waals surface area (Å²) in [6.45, 7) is 3.35. The molecule has 0 aliphatic carbocycles. The smallest absolute Gasteiger partial charge is 0.256 e. The summed E-state index contributed by atoms with van der Waals surface area (Å²) < 4.78 is 10.6. The van der Waals surface area contributed by atoms with E-state index in [1.807, 2.05) is 13.0 Å². The maximum Gasteiger partial charge on any atom is 0.256 e. The lowest BCUT2D eigenvalue weighted by atomic mass is 10.1. The molecule has 1 saturated heterocycles. The van der Waals surface area contributed by atoms with E-state index in [0.717, 1.165) is 12.8 Å². The topological polar surface area (TPSA) is 131 Å². The monoisotopic (exact) mass is 537 g/mol. The van der Waals surface area contributed by atoms with Crippen molar-refractivity contribution in [2.75, 3.05) is 32.2 Å². The Kier molecular flexibility index (Phi) is 7.66. The van der Waals surface area contributed by atoms with E-state index in [1.54, 1.807) is 24.4 Å². The Labute approximate surface area is 225 Å². The zero-order valence-electron chi connectivity index (χ0n) is 21.1. The van der Waals surface area contributed by atoms with Crippen molar-refractivity contribution in [2.45, 2.75) is 38.4 Å². The van der Waals surface area contributed by atoms with Gasteiger partial charge in [0, 0.05) is 37.1 Å². The molecule has 3 aromatic heterocycles. The van der Waals surface area contributed by atoms with Crippen LogP contribution in [0.3, 0.4) is 0 Å². The number of nitrogens with zero attached hydrogens (tertiary/aromatic N) is 5. The molecule has 1 unspecified atom stereocenters. The number of hydrogen-bond donors (Lipinski definition) is 2. The van der Waals surface area contributed by atoms with Gasteiger partial charge in [0.05, 0.1) is 53.6 Å². The second-order valence-corrected chi connectivity index (χ2v) is 9.60. The van der Waals surface area contributed by atoms with Crippen molar-refractivity contribution in [3.8, 4) is 17.1 Å². The summed E-state index contributed by atoms with van der Waals surface area (Å²) in [5, 5.41) is 6.57. The predicted octanol–water partition coefficient (Wildman–Crippen LogP) is 3.02. The van der Waals surface area contributed by atoms with E-state index in [9.17, 15) is 9.59 Å². The van der Waals surface area contributed by atoms with E-state index in [4.69, 9.17) is 21.1 Å². The Morgan fingerprint density at radius 1 is 1.24 bits per heavy atom. The summed E-state index contributed by atoms with van der Waals surface area (Å²) in [6, 6.07) is 6.93. The van der Waals surface area contributed by atoms with Gasteiger partial charge >= 0.3 is 0 Å². The fourth-order valence-corrected chi connectivity index (χ4v) is 4.67. The molecule has 11 nitrogen and oxygen atoms in total. The van der Waals surface area contributed by atoms with Crippen molar-refractivity contribution in [3.63, 3.8) is 0 Å². The first kappa shape index (κ1) is 25.8. The van der Waals surface area contributed by atoms with Crippen molar-refractivity contribution in [2.24, 2.45) is 0 Å². The number of carbonyl (C=O) groups is 2. The van der Waals surface area contributed by atoms with E-state index in [-0.39, 0.29) is 37.0 Å². The Morgan fingerprint density at radius 3 is 2.84 bits per heavy atom. The van der Waals surface area contributed by atoms with E-state index in [0.29, 0.717) is 58.3 Å². The number of amides is 2. The van der Waals surface area contributed by atoms with Gasteiger partial charge in [-0.15, -0.1) is 0 Å². The van der Waals surface area contributed by atoms with Crippen LogP contribution in [0.25, 0.3) is 11.3 Å². The number of aromatic nitrogens is 4. The van der Waals surface area contributed by atoms with E-state index in [1.165, 1.54) is 18.2 Å². The molecule has 2 aliphatic rings. The van der Waals surface area contributed by atoms with Gasteiger partial charge in [0.15, 0.2) is 0 Å². The van der Waals surface area contributed by atoms with E-state index >= 15 is 0 Å². The van der Waals surface area contributed by atoms with Gasteiger partial charge in [-0.25, -0.2) is 15.0 Å². The fraction of sp³-hybridized carbons (Fsp3) is 0.385. The van der Waals surface area contributed by atoms with Crippen molar-refractivity contribution < 1.29 is 19.1 Å². The molecule has 0 bridgehead atoms. The first-order valence-corrected chi connectivity index (χ1v) is 12.7. The minimum absolute atomic E-state index is 0.105. The third-order valence-corrected chi connectivity index (χ3v) is 6.79. The SMILES string of the molecule is COc1cccc(C(C)NC(=O)CN2Cc3ncc(-c4nc(NC5CCOCC5)ncc4Cl)cc3C2=O)n1. The third kappa shape index (κ3) is 5.68. The average Bonchev–Trinajstić information content (AvgIpc) is 3.24. The molecule has 38 heavy (non-hydrogen) atoms. The van der Waals surface area contributed by atoms with Crippen LogP contribution in [-0.2, 0) is 16.1 Å². The molecular weight excluding hydrogens is 510 g/mol. The molecule has 12 heteroatoms.